The van der Waals surface area contributed by atoms with Crippen molar-refractivity contribution in [1.29, 1.82) is 0 Å². The number of rotatable bonds is 4. The Hall–Kier alpha value is -0.860. The summed E-state index contributed by atoms with van der Waals surface area (Å²) < 4.78 is 6.24. The van der Waals surface area contributed by atoms with Gasteiger partial charge in [0.05, 0.1) is 25.3 Å². The number of hydrogen-bond donors (Lipinski definition) is 0. The summed E-state index contributed by atoms with van der Waals surface area (Å²) in [5.41, 5.74) is 0.0505. The van der Waals surface area contributed by atoms with E-state index in [2.05, 4.69) is 30.5 Å². The van der Waals surface area contributed by atoms with Crippen molar-refractivity contribution in [3.05, 3.63) is 33.2 Å². The molecule has 4 rings (SSSR count). The van der Waals surface area contributed by atoms with E-state index in [0.29, 0.717) is 0 Å². The molecule has 2 aromatic rings. The van der Waals surface area contributed by atoms with Crippen LogP contribution in [0.2, 0.25) is 0 Å². The normalized spacial score (nSPS) is 22.6. The maximum Gasteiger partial charge on any atom is 0.107 e. The topological polar surface area (TPSA) is 41.5 Å². The Morgan fingerprint density at radius 1 is 0.957 bits per heavy atom. The van der Waals surface area contributed by atoms with Gasteiger partial charge in [-0.2, -0.15) is 0 Å². The van der Waals surface area contributed by atoms with Crippen LogP contribution in [0.15, 0.2) is 23.2 Å². The van der Waals surface area contributed by atoms with Crippen molar-refractivity contribution in [3.8, 4) is 0 Å². The first-order valence-corrected chi connectivity index (χ1v) is 9.93. The molecular weight excluding hydrogens is 328 g/mol. The molecule has 0 radical (unpaired) electrons. The Morgan fingerprint density at radius 3 is 2.22 bits per heavy atom. The summed E-state index contributed by atoms with van der Waals surface area (Å²) in [6.45, 7) is 7.05. The number of aromatic nitrogens is 2. The summed E-state index contributed by atoms with van der Waals surface area (Å²) >= 11 is 3.49. The van der Waals surface area contributed by atoms with Crippen LogP contribution in [0.1, 0.15) is 22.9 Å². The van der Waals surface area contributed by atoms with Crippen molar-refractivity contribution in [3.63, 3.8) is 0 Å². The van der Waals surface area contributed by atoms with Crippen LogP contribution in [0.25, 0.3) is 0 Å². The first-order chi connectivity index (χ1) is 11.3. The fourth-order valence-corrected chi connectivity index (χ4v) is 4.84. The second kappa shape index (κ2) is 6.94. The lowest BCUT2D eigenvalue weighted by Crippen LogP contribution is -2.56. The van der Waals surface area contributed by atoms with E-state index in [1.807, 2.05) is 12.4 Å². The highest BCUT2D eigenvalue weighted by Gasteiger charge is 2.39. The number of nitrogens with zero attached hydrogens (tertiary/aromatic N) is 4. The molecule has 0 amide bonds. The van der Waals surface area contributed by atoms with E-state index >= 15 is 0 Å². The second-order valence-electron chi connectivity index (χ2n) is 6.37. The van der Waals surface area contributed by atoms with Crippen molar-refractivity contribution in [2.75, 3.05) is 32.8 Å². The average molecular weight is 351 g/mol. The maximum atomic E-state index is 6.24. The van der Waals surface area contributed by atoms with E-state index in [1.165, 1.54) is 10.0 Å². The zero-order valence-corrected chi connectivity index (χ0v) is 14.8. The molecule has 0 unspecified atom stereocenters. The van der Waals surface area contributed by atoms with Crippen LogP contribution in [-0.4, -0.2) is 58.2 Å². The van der Waals surface area contributed by atoms with E-state index in [4.69, 9.17) is 4.74 Å². The molecule has 7 heteroatoms. The van der Waals surface area contributed by atoms with Gasteiger partial charge in [-0.3, -0.25) is 9.80 Å². The first-order valence-electron chi connectivity index (χ1n) is 8.17. The van der Waals surface area contributed by atoms with Crippen LogP contribution in [0.4, 0.5) is 0 Å². The molecule has 4 heterocycles. The second-order valence-corrected chi connectivity index (χ2v) is 8.33. The lowest BCUT2D eigenvalue weighted by atomic mass is 9.89. The van der Waals surface area contributed by atoms with Crippen molar-refractivity contribution < 1.29 is 4.74 Å². The predicted molar refractivity (Wildman–Crippen MR) is 92.7 cm³/mol. The smallest absolute Gasteiger partial charge is 0.107 e. The summed E-state index contributed by atoms with van der Waals surface area (Å²) in [7, 11) is 0. The third-order valence-electron chi connectivity index (χ3n) is 4.78. The van der Waals surface area contributed by atoms with Gasteiger partial charge in [-0.05, 0) is 12.8 Å². The van der Waals surface area contributed by atoms with Gasteiger partial charge in [0.15, 0.2) is 0 Å². The molecule has 2 aliphatic heterocycles. The lowest BCUT2D eigenvalue weighted by Gasteiger charge is -2.47. The minimum absolute atomic E-state index is 0.0505. The number of morpholine rings is 1. The van der Waals surface area contributed by atoms with Crippen LogP contribution < -0.4 is 0 Å². The highest BCUT2D eigenvalue weighted by molar-refractivity contribution is 7.09. The molecule has 0 aromatic carbocycles. The van der Waals surface area contributed by atoms with Crippen LogP contribution in [0.3, 0.4) is 0 Å². The van der Waals surface area contributed by atoms with E-state index < -0.39 is 0 Å². The van der Waals surface area contributed by atoms with Gasteiger partial charge in [-0.25, -0.2) is 9.97 Å². The van der Waals surface area contributed by atoms with Gasteiger partial charge in [-0.1, -0.05) is 0 Å². The zero-order chi connectivity index (χ0) is 15.5. The minimum atomic E-state index is 0.0505. The fraction of sp³-hybridized carbons (Fsp3) is 0.625. The number of piperidine rings is 1. The molecule has 2 saturated heterocycles. The molecule has 1 spiro atoms. The van der Waals surface area contributed by atoms with E-state index in [9.17, 15) is 0 Å². The Morgan fingerprint density at radius 2 is 1.61 bits per heavy atom. The molecule has 2 fully saturated rings. The largest absolute Gasteiger partial charge is 0.372 e. The summed E-state index contributed by atoms with van der Waals surface area (Å²) in [6, 6.07) is 0. The lowest BCUT2D eigenvalue weighted by molar-refractivity contribution is -0.138. The molecule has 0 aliphatic carbocycles. The standard InChI is InChI=1S/C16H22N4OS2/c1-5-19(11-14-17-3-9-22-14)6-2-16(1)13-20(7-8-21-16)12-15-18-4-10-23-15/h3-4,9-10H,1-2,5-8,11-13H2. The molecule has 124 valence electrons. The molecule has 5 nitrogen and oxygen atoms in total. The average Bonchev–Trinajstić information content (AvgIpc) is 3.24. The summed E-state index contributed by atoms with van der Waals surface area (Å²) in [4.78, 5) is 13.8. The van der Waals surface area contributed by atoms with Gasteiger partial charge in [0.1, 0.15) is 10.0 Å². The molecular formula is C16H22N4OS2. The van der Waals surface area contributed by atoms with Gasteiger partial charge in [0.25, 0.3) is 0 Å². The van der Waals surface area contributed by atoms with Gasteiger partial charge in [0.2, 0.25) is 0 Å². The summed E-state index contributed by atoms with van der Waals surface area (Å²) in [6.07, 6.45) is 6.03. The highest BCUT2D eigenvalue weighted by atomic mass is 32.1. The SMILES string of the molecule is c1csc(CN2CCC3(CC2)CN(Cc2nccs2)CCO3)n1. The number of ether oxygens (including phenoxy) is 1. The van der Waals surface area contributed by atoms with Crippen LogP contribution in [0, 0.1) is 0 Å². The van der Waals surface area contributed by atoms with Crippen molar-refractivity contribution >= 4 is 22.7 Å². The van der Waals surface area contributed by atoms with Crippen molar-refractivity contribution in [1.82, 2.24) is 19.8 Å². The Bertz CT molecular complexity index is 594. The molecule has 2 aliphatic rings. The van der Waals surface area contributed by atoms with Gasteiger partial charge < -0.3 is 4.74 Å². The predicted octanol–water partition coefficient (Wildman–Crippen LogP) is 2.47. The third-order valence-corrected chi connectivity index (χ3v) is 6.31. The molecule has 0 atom stereocenters. The number of hydrogen-bond acceptors (Lipinski definition) is 7. The van der Waals surface area contributed by atoms with E-state index in [1.54, 1.807) is 22.7 Å². The van der Waals surface area contributed by atoms with Gasteiger partial charge >= 0.3 is 0 Å². The Kier molecular flexibility index (Phi) is 4.73. The monoisotopic (exact) mass is 350 g/mol. The van der Waals surface area contributed by atoms with Crippen molar-refractivity contribution in [2.45, 2.75) is 31.5 Å². The van der Waals surface area contributed by atoms with E-state index in [0.717, 1.165) is 58.7 Å². The molecule has 0 saturated carbocycles. The van der Waals surface area contributed by atoms with Crippen LogP contribution in [-0.2, 0) is 17.8 Å². The fourth-order valence-electron chi connectivity index (χ4n) is 3.52. The molecule has 0 bridgehead atoms. The van der Waals surface area contributed by atoms with Gasteiger partial charge in [0, 0.05) is 49.3 Å². The number of thiazole rings is 2. The molecule has 2 aromatic heterocycles. The first kappa shape index (κ1) is 15.7. The molecule has 0 N–H and O–H groups in total. The van der Waals surface area contributed by atoms with Crippen LogP contribution in [0.5, 0.6) is 0 Å². The highest BCUT2D eigenvalue weighted by Crippen LogP contribution is 2.31. The quantitative estimate of drug-likeness (QED) is 0.847. The molecule has 23 heavy (non-hydrogen) atoms. The van der Waals surface area contributed by atoms with Gasteiger partial charge in [-0.15, -0.1) is 22.7 Å². The minimum Gasteiger partial charge on any atom is -0.372 e. The third kappa shape index (κ3) is 3.80. The number of likely N-dealkylation sites (tertiary alicyclic amines) is 1. The summed E-state index contributed by atoms with van der Waals surface area (Å²) in [5, 5.41) is 6.55. The maximum absolute atomic E-state index is 6.24. The Balaban J connectivity index is 1.32. The van der Waals surface area contributed by atoms with Crippen molar-refractivity contribution in [2.24, 2.45) is 0 Å². The Labute approximate surface area is 144 Å². The zero-order valence-electron chi connectivity index (χ0n) is 13.2. The summed E-state index contributed by atoms with van der Waals surface area (Å²) in [5.74, 6) is 0. The van der Waals surface area contributed by atoms with Crippen LogP contribution >= 0.6 is 22.7 Å². The van der Waals surface area contributed by atoms with E-state index in [-0.39, 0.29) is 5.60 Å².